The molecule has 1 saturated carbocycles. The minimum atomic E-state index is -0.0727. The Bertz CT molecular complexity index is 553. The van der Waals surface area contributed by atoms with Crippen molar-refractivity contribution in [2.45, 2.75) is 38.4 Å². The molecule has 1 aliphatic carbocycles. The van der Waals surface area contributed by atoms with E-state index in [9.17, 15) is 4.39 Å². The van der Waals surface area contributed by atoms with Crippen LogP contribution in [-0.2, 0) is 11.3 Å². The van der Waals surface area contributed by atoms with Crippen LogP contribution >= 0.6 is 0 Å². The Kier molecular flexibility index (Phi) is 3.83. The lowest BCUT2D eigenvalue weighted by molar-refractivity contribution is -0.0214. The Labute approximate surface area is 119 Å². The molecular weight excluding hydrogens is 251 g/mol. The van der Waals surface area contributed by atoms with Gasteiger partial charge in [0.05, 0.1) is 12.7 Å². The Morgan fingerprint density at radius 3 is 2.50 bits per heavy atom. The summed E-state index contributed by atoms with van der Waals surface area (Å²) in [6, 6.07) is 15.5. The van der Waals surface area contributed by atoms with E-state index in [1.54, 1.807) is 12.1 Å². The lowest BCUT2D eigenvalue weighted by Gasteiger charge is -2.36. The molecule has 1 nitrogen and oxygen atoms in total. The molecule has 0 heterocycles. The molecule has 0 bridgehead atoms. The highest BCUT2D eigenvalue weighted by Crippen LogP contribution is 2.41. The predicted molar refractivity (Wildman–Crippen MR) is 78.1 cm³/mol. The van der Waals surface area contributed by atoms with Crippen molar-refractivity contribution in [3.8, 4) is 0 Å². The molecule has 3 rings (SSSR count). The van der Waals surface area contributed by atoms with Gasteiger partial charge in [0.2, 0.25) is 0 Å². The molecule has 1 fully saturated rings. The average molecular weight is 270 g/mol. The van der Waals surface area contributed by atoms with Gasteiger partial charge in [0.15, 0.2) is 0 Å². The van der Waals surface area contributed by atoms with E-state index < -0.39 is 0 Å². The number of halogens is 1. The van der Waals surface area contributed by atoms with E-state index in [4.69, 9.17) is 4.74 Å². The molecule has 0 aliphatic heterocycles. The zero-order chi connectivity index (χ0) is 13.9. The smallest absolute Gasteiger partial charge is 0.126 e. The summed E-state index contributed by atoms with van der Waals surface area (Å²) in [5.41, 5.74) is 3.13. The molecule has 0 spiro atoms. The molecule has 2 aromatic carbocycles. The quantitative estimate of drug-likeness (QED) is 0.789. The van der Waals surface area contributed by atoms with Crippen LogP contribution in [0.25, 0.3) is 0 Å². The van der Waals surface area contributed by atoms with E-state index in [0.29, 0.717) is 12.5 Å². The third-order valence-electron chi connectivity index (χ3n) is 4.10. The summed E-state index contributed by atoms with van der Waals surface area (Å²) < 4.78 is 19.7. The summed E-state index contributed by atoms with van der Waals surface area (Å²) in [5, 5.41) is 0. The molecule has 0 unspecified atom stereocenters. The van der Waals surface area contributed by atoms with Gasteiger partial charge in [0, 0.05) is 0 Å². The summed E-state index contributed by atoms with van der Waals surface area (Å²) in [4.78, 5) is 0. The SMILES string of the molecule is Cc1cccc(F)c1C1CC(OCc2ccccc2)C1. The summed E-state index contributed by atoms with van der Waals surface area (Å²) in [6.07, 6.45) is 2.11. The second-order valence-electron chi connectivity index (χ2n) is 5.56. The molecule has 0 aromatic heterocycles. The molecule has 0 amide bonds. The maximum atomic E-state index is 13.9. The molecular formula is C18H19FO. The average Bonchev–Trinajstić information content (AvgIpc) is 2.41. The van der Waals surface area contributed by atoms with Crippen LogP contribution in [0.3, 0.4) is 0 Å². The van der Waals surface area contributed by atoms with Crippen molar-refractivity contribution in [3.05, 3.63) is 71.0 Å². The van der Waals surface area contributed by atoms with Crippen LogP contribution in [-0.4, -0.2) is 6.10 Å². The fraction of sp³-hybridized carbons (Fsp3) is 0.333. The van der Waals surface area contributed by atoms with Crippen LogP contribution in [0.5, 0.6) is 0 Å². The first-order valence-electron chi connectivity index (χ1n) is 7.14. The van der Waals surface area contributed by atoms with E-state index in [-0.39, 0.29) is 11.9 Å². The van der Waals surface area contributed by atoms with Gasteiger partial charge in [-0.15, -0.1) is 0 Å². The Morgan fingerprint density at radius 2 is 1.80 bits per heavy atom. The van der Waals surface area contributed by atoms with E-state index in [0.717, 1.165) is 24.0 Å². The summed E-state index contributed by atoms with van der Waals surface area (Å²) in [6.45, 7) is 2.63. The number of rotatable bonds is 4. The third-order valence-corrected chi connectivity index (χ3v) is 4.10. The lowest BCUT2D eigenvalue weighted by Crippen LogP contribution is -2.30. The normalized spacial score (nSPS) is 21.5. The van der Waals surface area contributed by atoms with Gasteiger partial charge in [-0.1, -0.05) is 42.5 Å². The second-order valence-corrected chi connectivity index (χ2v) is 5.56. The van der Waals surface area contributed by atoms with Crippen molar-refractivity contribution >= 4 is 0 Å². The highest BCUT2D eigenvalue weighted by Gasteiger charge is 2.33. The van der Waals surface area contributed by atoms with E-state index in [2.05, 4.69) is 12.1 Å². The number of ether oxygens (including phenoxy) is 1. The van der Waals surface area contributed by atoms with Crippen LogP contribution < -0.4 is 0 Å². The summed E-state index contributed by atoms with van der Waals surface area (Å²) >= 11 is 0. The fourth-order valence-electron chi connectivity index (χ4n) is 2.89. The Morgan fingerprint density at radius 1 is 1.05 bits per heavy atom. The molecule has 0 N–H and O–H groups in total. The molecule has 1 aliphatic rings. The first-order chi connectivity index (χ1) is 9.74. The first-order valence-corrected chi connectivity index (χ1v) is 7.14. The molecule has 2 aromatic rings. The molecule has 0 saturated heterocycles. The van der Waals surface area contributed by atoms with Crippen LogP contribution in [0.2, 0.25) is 0 Å². The summed E-state index contributed by atoms with van der Waals surface area (Å²) in [7, 11) is 0. The van der Waals surface area contributed by atoms with Gasteiger partial charge in [-0.05, 0) is 48.4 Å². The van der Waals surface area contributed by atoms with Gasteiger partial charge >= 0.3 is 0 Å². The standard InChI is InChI=1S/C18H19FO/c1-13-6-5-9-17(19)18(13)15-10-16(11-15)20-12-14-7-3-2-4-8-14/h2-9,15-16H,10-12H2,1H3. The van der Waals surface area contributed by atoms with Crippen molar-refractivity contribution < 1.29 is 9.13 Å². The zero-order valence-electron chi connectivity index (χ0n) is 11.7. The minimum Gasteiger partial charge on any atom is -0.373 e. The molecule has 2 heteroatoms. The van der Waals surface area contributed by atoms with Gasteiger partial charge < -0.3 is 4.74 Å². The van der Waals surface area contributed by atoms with Crippen LogP contribution in [0, 0.1) is 12.7 Å². The van der Waals surface area contributed by atoms with Crippen molar-refractivity contribution in [2.24, 2.45) is 0 Å². The predicted octanol–water partition coefficient (Wildman–Crippen LogP) is 4.60. The van der Waals surface area contributed by atoms with E-state index in [1.807, 2.05) is 31.2 Å². The zero-order valence-corrected chi connectivity index (χ0v) is 11.7. The number of hydrogen-bond acceptors (Lipinski definition) is 1. The maximum Gasteiger partial charge on any atom is 0.126 e. The van der Waals surface area contributed by atoms with Crippen LogP contribution in [0.4, 0.5) is 4.39 Å². The molecule has 20 heavy (non-hydrogen) atoms. The van der Waals surface area contributed by atoms with Crippen LogP contribution in [0.1, 0.15) is 35.4 Å². The fourth-order valence-corrected chi connectivity index (χ4v) is 2.89. The minimum absolute atomic E-state index is 0.0727. The van der Waals surface area contributed by atoms with Crippen LogP contribution in [0.15, 0.2) is 48.5 Å². The van der Waals surface area contributed by atoms with Gasteiger partial charge in [0.25, 0.3) is 0 Å². The lowest BCUT2D eigenvalue weighted by atomic mass is 9.76. The van der Waals surface area contributed by atoms with Gasteiger partial charge in [-0.3, -0.25) is 0 Å². The second kappa shape index (κ2) is 5.76. The first kappa shape index (κ1) is 13.3. The number of aryl methyl sites for hydroxylation is 1. The van der Waals surface area contributed by atoms with Gasteiger partial charge in [-0.25, -0.2) is 4.39 Å². The van der Waals surface area contributed by atoms with E-state index in [1.165, 1.54) is 5.56 Å². The van der Waals surface area contributed by atoms with Crippen molar-refractivity contribution in [3.63, 3.8) is 0 Å². The summed E-state index contributed by atoms with van der Waals surface area (Å²) in [5.74, 6) is 0.244. The van der Waals surface area contributed by atoms with Crippen molar-refractivity contribution in [1.82, 2.24) is 0 Å². The molecule has 104 valence electrons. The van der Waals surface area contributed by atoms with E-state index >= 15 is 0 Å². The Balaban J connectivity index is 1.54. The topological polar surface area (TPSA) is 9.23 Å². The maximum absolute atomic E-state index is 13.9. The van der Waals surface area contributed by atoms with Gasteiger partial charge in [0.1, 0.15) is 5.82 Å². The monoisotopic (exact) mass is 270 g/mol. The van der Waals surface area contributed by atoms with Crippen molar-refractivity contribution in [2.75, 3.05) is 0 Å². The molecule has 0 atom stereocenters. The highest BCUT2D eigenvalue weighted by atomic mass is 19.1. The number of hydrogen-bond donors (Lipinski definition) is 0. The van der Waals surface area contributed by atoms with Gasteiger partial charge in [-0.2, -0.15) is 0 Å². The third kappa shape index (κ3) is 2.75. The Hall–Kier alpha value is -1.67. The largest absolute Gasteiger partial charge is 0.373 e. The highest BCUT2D eigenvalue weighted by molar-refractivity contribution is 5.32. The molecule has 0 radical (unpaired) electrons. The number of benzene rings is 2. The van der Waals surface area contributed by atoms with Crippen molar-refractivity contribution in [1.29, 1.82) is 0 Å².